The Morgan fingerprint density at radius 1 is 1.17 bits per heavy atom. The quantitative estimate of drug-likeness (QED) is 0.633. The van der Waals surface area contributed by atoms with Gasteiger partial charge in [0.15, 0.2) is 0 Å². The fourth-order valence-electron chi connectivity index (χ4n) is 0.518. The third-order valence-electron chi connectivity index (χ3n) is 1.01. The molecule has 0 bridgehead atoms. The van der Waals surface area contributed by atoms with E-state index < -0.39 is 5.97 Å². The number of carboxylic acids is 1. The van der Waals surface area contributed by atoms with E-state index in [0.717, 1.165) is 0 Å². The SMILES string of the molecule is C=CC=CC=CC=CCC(=O)O. The molecule has 0 radical (unpaired) electrons. The van der Waals surface area contributed by atoms with Gasteiger partial charge in [0.2, 0.25) is 0 Å². The number of hydrogen-bond donors (Lipinski definition) is 1. The summed E-state index contributed by atoms with van der Waals surface area (Å²) in [6.07, 6.45) is 12.2. The molecule has 0 aliphatic heterocycles. The van der Waals surface area contributed by atoms with Crippen LogP contribution < -0.4 is 0 Å². The third kappa shape index (κ3) is 8.43. The lowest BCUT2D eigenvalue weighted by atomic mass is 10.3. The van der Waals surface area contributed by atoms with Gasteiger partial charge in [0.05, 0.1) is 6.42 Å². The van der Waals surface area contributed by atoms with Crippen molar-refractivity contribution in [3.8, 4) is 0 Å². The summed E-state index contributed by atoms with van der Waals surface area (Å²) in [6.45, 7) is 3.50. The topological polar surface area (TPSA) is 37.3 Å². The molecule has 0 rings (SSSR count). The van der Waals surface area contributed by atoms with Gasteiger partial charge >= 0.3 is 5.97 Å². The van der Waals surface area contributed by atoms with Gasteiger partial charge in [-0.1, -0.05) is 49.1 Å². The van der Waals surface area contributed by atoms with E-state index in [1.165, 1.54) is 0 Å². The maximum absolute atomic E-state index is 10.0. The zero-order valence-electron chi connectivity index (χ0n) is 6.81. The Balaban J connectivity index is 3.59. The first kappa shape index (κ1) is 10.4. The normalized spacial score (nSPS) is 11.7. The zero-order chi connectivity index (χ0) is 9.23. The molecule has 0 heterocycles. The van der Waals surface area contributed by atoms with E-state index in [0.29, 0.717) is 0 Å². The molecule has 0 aromatic rings. The summed E-state index contributed by atoms with van der Waals surface area (Å²) < 4.78 is 0. The van der Waals surface area contributed by atoms with Crippen LogP contribution in [0.5, 0.6) is 0 Å². The van der Waals surface area contributed by atoms with Gasteiger partial charge in [0.1, 0.15) is 0 Å². The molecule has 2 heteroatoms. The first-order chi connectivity index (χ1) is 5.77. The van der Waals surface area contributed by atoms with Gasteiger partial charge in [-0.15, -0.1) is 0 Å². The molecule has 0 fully saturated rings. The molecule has 0 atom stereocenters. The Morgan fingerprint density at radius 2 is 1.75 bits per heavy atom. The second-order valence-electron chi connectivity index (χ2n) is 2.03. The molecule has 0 aliphatic carbocycles. The molecule has 0 unspecified atom stereocenters. The van der Waals surface area contributed by atoms with Gasteiger partial charge in [-0.05, 0) is 0 Å². The van der Waals surface area contributed by atoms with E-state index in [9.17, 15) is 4.79 Å². The van der Waals surface area contributed by atoms with E-state index in [-0.39, 0.29) is 6.42 Å². The minimum atomic E-state index is -0.818. The van der Waals surface area contributed by atoms with Crippen molar-refractivity contribution in [3.63, 3.8) is 0 Å². The average molecular weight is 164 g/mol. The Hall–Kier alpha value is -1.57. The van der Waals surface area contributed by atoms with Crippen molar-refractivity contribution in [2.75, 3.05) is 0 Å². The second kappa shape index (κ2) is 7.54. The summed E-state index contributed by atoms with van der Waals surface area (Å²) in [5.74, 6) is -0.818. The van der Waals surface area contributed by atoms with Crippen molar-refractivity contribution >= 4 is 5.97 Å². The Labute approximate surface area is 72.2 Å². The Morgan fingerprint density at radius 3 is 2.33 bits per heavy atom. The molecule has 0 aromatic carbocycles. The molecule has 0 spiro atoms. The number of hydrogen-bond acceptors (Lipinski definition) is 1. The van der Waals surface area contributed by atoms with Gasteiger partial charge < -0.3 is 5.11 Å². The van der Waals surface area contributed by atoms with Crippen molar-refractivity contribution in [2.24, 2.45) is 0 Å². The highest BCUT2D eigenvalue weighted by Crippen LogP contribution is 1.85. The van der Waals surface area contributed by atoms with Gasteiger partial charge in [0.25, 0.3) is 0 Å². The van der Waals surface area contributed by atoms with Crippen molar-refractivity contribution in [1.29, 1.82) is 0 Å². The number of rotatable bonds is 5. The second-order valence-corrected chi connectivity index (χ2v) is 2.03. The highest BCUT2D eigenvalue weighted by molar-refractivity contribution is 5.68. The third-order valence-corrected chi connectivity index (χ3v) is 1.01. The monoisotopic (exact) mass is 164 g/mol. The lowest BCUT2D eigenvalue weighted by Gasteiger charge is -1.79. The number of allylic oxidation sites excluding steroid dienone is 6. The largest absolute Gasteiger partial charge is 0.481 e. The summed E-state index contributed by atoms with van der Waals surface area (Å²) in [6, 6.07) is 0. The Bertz CT molecular complexity index is 222. The van der Waals surface area contributed by atoms with Crippen molar-refractivity contribution in [1.82, 2.24) is 0 Å². The predicted molar refractivity (Wildman–Crippen MR) is 49.9 cm³/mol. The van der Waals surface area contributed by atoms with Crippen LogP contribution in [0.25, 0.3) is 0 Å². The maximum atomic E-state index is 10.0. The number of carboxylic acid groups (broad SMARTS) is 1. The van der Waals surface area contributed by atoms with Crippen molar-refractivity contribution in [3.05, 3.63) is 49.1 Å². The van der Waals surface area contributed by atoms with Crippen LogP contribution in [0.1, 0.15) is 6.42 Å². The standard InChI is InChI=1S/C10H12O2/c1-2-3-4-5-6-7-8-9-10(11)12/h2-8H,1,9H2,(H,11,12). The average Bonchev–Trinajstić information content (AvgIpc) is 2.02. The van der Waals surface area contributed by atoms with Crippen LogP contribution in [0.2, 0.25) is 0 Å². The number of carbonyl (C=O) groups is 1. The van der Waals surface area contributed by atoms with Gasteiger partial charge in [0, 0.05) is 0 Å². The Kier molecular flexibility index (Phi) is 6.55. The summed E-state index contributed by atoms with van der Waals surface area (Å²) in [5, 5.41) is 8.25. The molecular weight excluding hydrogens is 152 g/mol. The van der Waals surface area contributed by atoms with Crippen LogP contribution in [-0.2, 0) is 4.79 Å². The van der Waals surface area contributed by atoms with E-state index in [1.54, 1.807) is 36.5 Å². The minimum Gasteiger partial charge on any atom is -0.481 e. The van der Waals surface area contributed by atoms with Crippen LogP contribution in [0.15, 0.2) is 49.1 Å². The summed E-state index contributed by atoms with van der Waals surface area (Å²) in [5.41, 5.74) is 0. The molecule has 0 saturated heterocycles. The minimum absolute atomic E-state index is 0.0650. The summed E-state index contributed by atoms with van der Waals surface area (Å²) in [7, 11) is 0. The smallest absolute Gasteiger partial charge is 0.307 e. The van der Waals surface area contributed by atoms with Crippen LogP contribution in [0.4, 0.5) is 0 Å². The maximum Gasteiger partial charge on any atom is 0.307 e. The predicted octanol–water partition coefficient (Wildman–Crippen LogP) is 2.32. The lowest BCUT2D eigenvalue weighted by Crippen LogP contribution is -1.89. The molecule has 12 heavy (non-hydrogen) atoms. The summed E-state index contributed by atoms with van der Waals surface area (Å²) in [4.78, 5) is 10.0. The molecule has 64 valence electrons. The van der Waals surface area contributed by atoms with Crippen molar-refractivity contribution in [2.45, 2.75) is 6.42 Å². The lowest BCUT2D eigenvalue weighted by molar-refractivity contribution is -0.135. The van der Waals surface area contributed by atoms with Crippen LogP contribution >= 0.6 is 0 Å². The summed E-state index contributed by atoms with van der Waals surface area (Å²) >= 11 is 0. The molecule has 0 aromatic heterocycles. The van der Waals surface area contributed by atoms with E-state index in [1.807, 2.05) is 6.08 Å². The van der Waals surface area contributed by atoms with E-state index in [2.05, 4.69) is 6.58 Å². The van der Waals surface area contributed by atoms with Gasteiger partial charge in [-0.25, -0.2) is 0 Å². The number of aliphatic carboxylic acids is 1. The highest BCUT2D eigenvalue weighted by atomic mass is 16.4. The fourth-order valence-corrected chi connectivity index (χ4v) is 0.518. The molecule has 0 saturated carbocycles. The highest BCUT2D eigenvalue weighted by Gasteiger charge is 1.86. The van der Waals surface area contributed by atoms with Crippen LogP contribution in [0.3, 0.4) is 0 Å². The molecule has 0 amide bonds. The van der Waals surface area contributed by atoms with Gasteiger partial charge in [-0.2, -0.15) is 0 Å². The van der Waals surface area contributed by atoms with E-state index >= 15 is 0 Å². The molecule has 0 aliphatic rings. The molecule has 1 N–H and O–H groups in total. The first-order valence-electron chi connectivity index (χ1n) is 3.60. The first-order valence-corrected chi connectivity index (χ1v) is 3.60. The van der Waals surface area contributed by atoms with Crippen molar-refractivity contribution < 1.29 is 9.90 Å². The zero-order valence-corrected chi connectivity index (χ0v) is 6.81. The molecule has 2 nitrogen and oxygen atoms in total. The van der Waals surface area contributed by atoms with Crippen LogP contribution in [-0.4, -0.2) is 11.1 Å². The molecular formula is C10H12O2. The van der Waals surface area contributed by atoms with Gasteiger partial charge in [-0.3, -0.25) is 4.79 Å². The van der Waals surface area contributed by atoms with E-state index in [4.69, 9.17) is 5.11 Å². The fraction of sp³-hybridized carbons (Fsp3) is 0.100. The van der Waals surface area contributed by atoms with Crippen LogP contribution in [0, 0.1) is 0 Å².